The molecule has 0 radical (unpaired) electrons. The summed E-state index contributed by atoms with van der Waals surface area (Å²) in [6.07, 6.45) is 0. The molecule has 0 unspecified atom stereocenters. The van der Waals surface area contributed by atoms with Crippen molar-refractivity contribution in [1.29, 1.82) is 10.5 Å². The fourth-order valence-corrected chi connectivity index (χ4v) is 1.22. The summed E-state index contributed by atoms with van der Waals surface area (Å²) in [4.78, 5) is 0. The van der Waals surface area contributed by atoms with E-state index in [2.05, 4.69) is 15.9 Å². The van der Waals surface area contributed by atoms with Gasteiger partial charge in [-0.05, 0) is 23.8 Å². The maximum atomic E-state index is 8.60. The highest BCUT2D eigenvalue weighted by atomic mass is 79.9. The molecule has 0 aliphatic rings. The van der Waals surface area contributed by atoms with Gasteiger partial charge in [-0.3, -0.25) is 0 Å². The molecule has 0 fully saturated rings. The molecule has 0 spiro atoms. The van der Waals surface area contributed by atoms with Gasteiger partial charge in [0.05, 0.1) is 23.3 Å². The van der Waals surface area contributed by atoms with Crippen molar-refractivity contribution in [2.75, 3.05) is 0 Å². The fourth-order valence-electron chi connectivity index (χ4n) is 0.898. The highest BCUT2D eigenvalue weighted by molar-refractivity contribution is 9.08. The van der Waals surface area contributed by atoms with Crippen molar-refractivity contribution in [2.24, 2.45) is 0 Å². The summed E-state index contributed by atoms with van der Waals surface area (Å²) in [5, 5.41) is 17.9. The fraction of sp³-hybridized carbons (Fsp3) is 0.111. The van der Waals surface area contributed by atoms with Crippen LogP contribution >= 0.6 is 15.9 Å². The molecule has 58 valence electrons. The third-order valence-corrected chi connectivity index (χ3v) is 2.05. The molecular formula is C9H5BrN2. The number of nitriles is 2. The molecule has 1 aromatic rings. The van der Waals surface area contributed by atoms with Gasteiger partial charge in [-0.2, -0.15) is 10.5 Å². The molecule has 1 rings (SSSR count). The van der Waals surface area contributed by atoms with Crippen molar-refractivity contribution in [1.82, 2.24) is 0 Å². The van der Waals surface area contributed by atoms with Crippen LogP contribution in [0.15, 0.2) is 18.2 Å². The summed E-state index contributed by atoms with van der Waals surface area (Å²) in [6, 6.07) is 9.10. The summed E-state index contributed by atoms with van der Waals surface area (Å²) in [6.45, 7) is 0. The van der Waals surface area contributed by atoms with Crippen LogP contribution in [-0.2, 0) is 5.33 Å². The number of hydrogen-bond acceptors (Lipinski definition) is 2. The average Bonchev–Trinajstić information content (AvgIpc) is 2.16. The average molecular weight is 221 g/mol. The molecule has 2 nitrogen and oxygen atoms in total. The number of hydrogen-bond donors (Lipinski definition) is 0. The van der Waals surface area contributed by atoms with Crippen LogP contribution < -0.4 is 0 Å². The lowest BCUT2D eigenvalue weighted by Crippen LogP contribution is -1.84. The Labute approximate surface area is 79.2 Å². The normalized spacial score (nSPS) is 8.58. The van der Waals surface area contributed by atoms with E-state index in [0.717, 1.165) is 5.56 Å². The van der Waals surface area contributed by atoms with Gasteiger partial charge in [-0.15, -0.1) is 0 Å². The quantitative estimate of drug-likeness (QED) is 0.683. The molecule has 0 saturated heterocycles. The van der Waals surface area contributed by atoms with Gasteiger partial charge in [0.15, 0.2) is 0 Å². The molecule has 1 aromatic carbocycles. The van der Waals surface area contributed by atoms with Crippen LogP contribution in [0, 0.1) is 22.7 Å². The third kappa shape index (κ3) is 1.84. The molecule has 12 heavy (non-hydrogen) atoms. The zero-order valence-electron chi connectivity index (χ0n) is 6.21. The molecule has 0 bridgehead atoms. The first-order valence-corrected chi connectivity index (χ1v) is 4.42. The Morgan fingerprint density at radius 1 is 1.08 bits per heavy atom. The SMILES string of the molecule is N#Cc1cc(C#N)cc(CBr)c1. The Morgan fingerprint density at radius 2 is 1.58 bits per heavy atom. The van der Waals surface area contributed by atoms with Gasteiger partial charge in [0.25, 0.3) is 0 Å². The predicted molar refractivity (Wildman–Crippen MR) is 48.5 cm³/mol. The van der Waals surface area contributed by atoms with Crippen molar-refractivity contribution >= 4 is 15.9 Å². The van der Waals surface area contributed by atoms with Crippen LogP contribution in [0.1, 0.15) is 16.7 Å². The monoisotopic (exact) mass is 220 g/mol. The van der Waals surface area contributed by atoms with Crippen LogP contribution in [0.5, 0.6) is 0 Å². The molecule has 0 atom stereocenters. The maximum absolute atomic E-state index is 8.60. The summed E-state index contributed by atoms with van der Waals surface area (Å²) in [5.41, 5.74) is 2.01. The largest absolute Gasteiger partial charge is 0.192 e. The van der Waals surface area contributed by atoms with E-state index in [0.29, 0.717) is 16.5 Å². The second-order valence-electron chi connectivity index (χ2n) is 2.28. The van der Waals surface area contributed by atoms with E-state index < -0.39 is 0 Å². The number of benzene rings is 1. The molecule has 0 amide bonds. The lowest BCUT2D eigenvalue weighted by molar-refractivity contribution is 1.37. The highest BCUT2D eigenvalue weighted by Gasteiger charge is 1.98. The molecule has 0 N–H and O–H groups in total. The Hall–Kier alpha value is -1.32. The smallest absolute Gasteiger partial charge is 0.0992 e. The van der Waals surface area contributed by atoms with E-state index in [-0.39, 0.29) is 0 Å². The Bertz CT molecular complexity index is 339. The predicted octanol–water partition coefficient (Wildman–Crippen LogP) is 2.32. The second-order valence-corrected chi connectivity index (χ2v) is 2.84. The number of alkyl halides is 1. The summed E-state index contributed by atoms with van der Waals surface area (Å²) in [7, 11) is 0. The van der Waals surface area contributed by atoms with Gasteiger partial charge in [-0.25, -0.2) is 0 Å². The van der Waals surface area contributed by atoms with Crippen LogP contribution in [0.25, 0.3) is 0 Å². The van der Waals surface area contributed by atoms with E-state index in [1.165, 1.54) is 0 Å². The Balaban J connectivity index is 3.24. The van der Waals surface area contributed by atoms with Crippen molar-refractivity contribution in [3.05, 3.63) is 34.9 Å². The van der Waals surface area contributed by atoms with Gasteiger partial charge >= 0.3 is 0 Å². The van der Waals surface area contributed by atoms with E-state index >= 15 is 0 Å². The van der Waals surface area contributed by atoms with Gasteiger partial charge in [0, 0.05) is 5.33 Å². The van der Waals surface area contributed by atoms with Crippen molar-refractivity contribution in [2.45, 2.75) is 5.33 Å². The first kappa shape index (κ1) is 8.77. The van der Waals surface area contributed by atoms with Gasteiger partial charge in [0.1, 0.15) is 0 Å². The van der Waals surface area contributed by atoms with Crippen LogP contribution in [0.2, 0.25) is 0 Å². The lowest BCUT2D eigenvalue weighted by Gasteiger charge is -1.96. The van der Waals surface area contributed by atoms with E-state index in [9.17, 15) is 0 Å². The highest BCUT2D eigenvalue weighted by Crippen LogP contribution is 2.11. The summed E-state index contributed by atoms with van der Waals surface area (Å²) >= 11 is 3.27. The van der Waals surface area contributed by atoms with Crippen LogP contribution in [-0.4, -0.2) is 0 Å². The minimum absolute atomic E-state index is 0.531. The van der Waals surface area contributed by atoms with Crippen molar-refractivity contribution < 1.29 is 0 Å². The zero-order chi connectivity index (χ0) is 8.97. The Kier molecular flexibility index (Phi) is 2.85. The third-order valence-electron chi connectivity index (χ3n) is 1.41. The molecule has 0 saturated carbocycles. The molecule has 0 aliphatic carbocycles. The first-order chi connectivity index (χ1) is 5.80. The summed E-state index contributed by atoms with van der Waals surface area (Å²) in [5.74, 6) is 0. The number of nitrogens with zero attached hydrogens (tertiary/aromatic N) is 2. The molecule has 3 heteroatoms. The molecule has 0 heterocycles. The lowest BCUT2D eigenvalue weighted by atomic mass is 10.1. The summed E-state index contributed by atoms with van der Waals surface area (Å²) < 4.78 is 0. The van der Waals surface area contributed by atoms with Crippen molar-refractivity contribution in [3.8, 4) is 12.1 Å². The van der Waals surface area contributed by atoms with E-state index in [4.69, 9.17) is 10.5 Å². The zero-order valence-corrected chi connectivity index (χ0v) is 7.80. The molecule has 0 aromatic heterocycles. The minimum Gasteiger partial charge on any atom is -0.192 e. The van der Waals surface area contributed by atoms with E-state index in [1.54, 1.807) is 18.2 Å². The molecular weight excluding hydrogens is 216 g/mol. The minimum atomic E-state index is 0.531. The van der Waals surface area contributed by atoms with Gasteiger partial charge < -0.3 is 0 Å². The maximum Gasteiger partial charge on any atom is 0.0992 e. The topological polar surface area (TPSA) is 47.6 Å². The molecule has 0 aliphatic heterocycles. The van der Waals surface area contributed by atoms with Crippen LogP contribution in [0.3, 0.4) is 0 Å². The van der Waals surface area contributed by atoms with Gasteiger partial charge in [0.2, 0.25) is 0 Å². The van der Waals surface area contributed by atoms with E-state index in [1.807, 2.05) is 12.1 Å². The number of rotatable bonds is 1. The standard InChI is InChI=1S/C9H5BrN2/c10-4-7-1-8(5-11)3-9(2-7)6-12/h1-3H,4H2. The van der Waals surface area contributed by atoms with Crippen molar-refractivity contribution in [3.63, 3.8) is 0 Å². The second kappa shape index (κ2) is 3.90. The van der Waals surface area contributed by atoms with Crippen LogP contribution in [0.4, 0.5) is 0 Å². The number of halogens is 1. The Morgan fingerprint density at radius 3 is 1.92 bits per heavy atom. The van der Waals surface area contributed by atoms with Gasteiger partial charge in [-0.1, -0.05) is 15.9 Å². The first-order valence-electron chi connectivity index (χ1n) is 3.30.